The monoisotopic (exact) mass is 270 g/mol. The van der Waals surface area contributed by atoms with Crippen molar-refractivity contribution in [3.63, 3.8) is 0 Å². The van der Waals surface area contributed by atoms with Gasteiger partial charge in [-0.15, -0.1) is 0 Å². The lowest BCUT2D eigenvalue weighted by Crippen LogP contribution is -2.16. The third-order valence-corrected chi connectivity index (χ3v) is 3.49. The molecular weight excluding hydrogens is 256 g/mol. The Hall–Kier alpha value is -0.830. The number of hydrogen-bond acceptors (Lipinski definition) is 1. The van der Waals surface area contributed by atoms with Gasteiger partial charge >= 0.3 is 5.97 Å². The molecule has 0 aliphatic carbocycles. The second-order valence-corrected chi connectivity index (χ2v) is 5.09. The second-order valence-electron chi connectivity index (χ2n) is 4.24. The molecule has 2 nitrogen and oxygen atoms in total. The molecule has 1 N–H and O–H groups in total. The van der Waals surface area contributed by atoms with E-state index in [0.29, 0.717) is 5.56 Å². The van der Waals surface area contributed by atoms with Crippen LogP contribution in [0, 0.1) is 0 Å². The van der Waals surface area contributed by atoms with Gasteiger partial charge in [0.1, 0.15) is 0 Å². The van der Waals surface area contributed by atoms with Crippen LogP contribution in [-0.2, 0) is 5.41 Å². The minimum atomic E-state index is -0.892. The molecule has 0 bridgehead atoms. The van der Waals surface area contributed by atoms with Crippen molar-refractivity contribution in [1.29, 1.82) is 0 Å². The molecule has 1 rings (SSSR count). The normalized spacial score (nSPS) is 11.5. The maximum atomic E-state index is 10.8. The minimum absolute atomic E-state index is 0.0653. The van der Waals surface area contributed by atoms with E-state index in [9.17, 15) is 4.79 Å². The van der Waals surface area contributed by atoms with Crippen LogP contribution in [0.1, 0.15) is 43.1 Å². The van der Waals surface area contributed by atoms with E-state index in [2.05, 4.69) is 36.7 Å². The molecule has 0 saturated carbocycles. The number of aromatic carboxylic acids is 1. The number of rotatable bonds is 3. The number of hydrogen-bond donors (Lipinski definition) is 1. The number of carboxylic acid groups (broad SMARTS) is 1. The third-order valence-electron chi connectivity index (χ3n) is 2.83. The van der Waals surface area contributed by atoms with E-state index in [0.717, 1.165) is 16.5 Å². The van der Waals surface area contributed by atoms with Crippen LogP contribution in [0.3, 0.4) is 0 Å². The standard InChI is InChI=1S/C12H15BrO2/c1-4-12(2,3)9-6-5-8(11(14)15)7-10(9)13/h5-7H,4H2,1-3H3,(H,14,15). The molecule has 0 radical (unpaired) electrons. The van der Waals surface area contributed by atoms with Crippen molar-refractivity contribution >= 4 is 21.9 Å². The molecule has 15 heavy (non-hydrogen) atoms. The van der Waals surface area contributed by atoms with Crippen molar-refractivity contribution in [3.8, 4) is 0 Å². The number of carbonyl (C=O) groups is 1. The Labute approximate surface area is 98.4 Å². The maximum Gasteiger partial charge on any atom is 0.335 e. The lowest BCUT2D eigenvalue weighted by molar-refractivity contribution is 0.0696. The van der Waals surface area contributed by atoms with Crippen LogP contribution >= 0.6 is 15.9 Å². The smallest absolute Gasteiger partial charge is 0.335 e. The first-order valence-corrected chi connectivity index (χ1v) is 5.71. The Kier molecular flexibility index (Phi) is 3.55. The van der Waals surface area contributed by atoms with Gasteiger partial charge in [-0.25, -0.2) is 4.79 Å². The molecule has 0 heterocycles. The number of carboxylic acids is 1. The van der Waals surface area contributed by atoms with Gasteiger partial charge in [-0.1, -0.05) is 42.8 Å². The second kappa shape index (κ2) is 4.35. The highest BCUT2D eigenvalue weighted by atomic mass is 79.9. The van der Waals surface area contributed by atoms with Gasteiger partial charge in [-0.2, -0.15) is 0 Å². The summed E-state index contributed by atoms with van der Waals surface area (Å²) in [7, 11) is 0. The fraction of sp³-hybridized carbons (Fsp3) is 0.417. The van der Waals surface area contributed by atoms with Gasteiger partial charge in [0.25, 0.3) is 0 Å². The molecule has 0 aliphatic rings. The molecule has 1 aromatic carbocycles. The predicted octanol–water partition coefficient (Wildman–Crippen LogP) is 3.83. The van der Waals surface area contributed by atoms with Gasteiger partial charge in [0.2, 0.25) is 0 Å². The van der Waals surface area contributed by atoms with Gasteiger partial charge < -0.3 is 5.11 Å². The molecule has 0 aliphatic heterocycles. The van der Waals surface area contributed by atoms with E-state index in [4.69, 9.17) is 5.11 Å². The van der Waals surface area contributed by atoms with Crippen molar-refractivity contribution in [2.45, 2.75) is 32.6 Å². The molecule has 0 atom stereocenters. The Morgan fingerprint density at radius 1 is 1.47 bits per heavy atom. The van der Waals surface area contributed by atoms with Crippen LogP contribution in [0.2, 0.25) is 0 Å². The van der Waals surface area contributed by atoms with Crippen LogP contribution in [-0.4, -0.2) is 11.1 Å². The quantitative estimate of drug-likeness (QED) is 0.907. The minimum Gasteiger partial charge on any atom is -0.478 e. The molecule has 0 unspecified atom stereocenters. The summed E-state index contributed by atoms with van der Waals surface area (Å²) in [4.78, 5) is 10.8. The number of halogens is 1. The fourth-order valence-electron chi connectivity index (χ4n) is 1.39. The summed E-state index contributed by atoms with van der Waals surface area (Å²) < 4.78 is 0.870. The molecule has 0 saturated heterocycles. The first kappa shape index (κ1) is 12.2. The summed E-state index contributed by atoms with van der Waals surface area (Å²) >= 11 is 3.43. The van der Waals surface area contributed by atoms with Gasteiger partial charge in [0.15, 0.2) is 0 Å². The zero-order chi connectivity index (χ0) is 11.6. The van der Waals surface area contributed by atoms with E-state index in [-0.39, 0.29) is 5.41 Å². The molecular formula is C12H15BrO2. The van der Waals surface area contributed by atoms with Crippen molar-refractivity contribution in [2.75, 3.05) is 0 Å². The maximum absolute atomic E-state index is 10.8. The highest BCUT2D eigenvalue weighted by Crippen LogP contribution is 2.33. The Morgan fingerprint density at radius 2 is 2.07 bits per heavy atom. The SMILES string of the molecule is CCC(C)(C)c1ccc(C(=O)O)cc1Br. The topological polar surface area (TPSA) is 37.3 Å². The van der Waals surface area contributed by atoms with Crippen LogP contribution in [0.4, 0.5) is 0 Å². The van der Waals surface area contributed by atoms with E-state index >= 15 is 0 Å². The summed E-state index contributed by atoms with van der Waals surface area (Å²) in [6.07, 6.45) is 1.01. The summed E-state index contributed by atoms with van der Waals surface area (Å²) in [5, 5.41) is 8.84. The first-order chi connectivity index (χ1) is 6.88. The van der Waals surface area contributed by atoms with Crippen molar-refractivity contribution in [3.05, 3.63) is 33.8 Å². The Morgan fingerprint density at radius 3 is 2.47 bits per heavy atom. The van der Waals surface area contributed by atoms with Gasteiger partial charge in [-0.3, -0.25) is 0 Å². The zero-order valence-corrected chi connectivity index (χ0v) is 10.8. The molecule has 82 valence electrons. The molecule has 3 heteroatoms. The van der Waals surface area contributed by atoms with Crippen LogP contribution in [0.5, 0.6) is 0 Å². The summed E-state index contributed by atoms with van der Waals surface area (Å²) in [6.45, 7) is 6.42. The van der Waals surface area contributed by atoms with Crippen LogP contribution < -0.4 is 0 Å². The van der Waals surface area contributed by atoms with Crippen molar-refractivity contribution in [2.24, 2.45) is 0 Å². The summed E-state index contributed by atoms with van der Waals surface area (Å²) in [5.41, 5.74) is 1.53. The Bertz CT molecular complexity index is 383. The average Bonchev–Trinajstić information content (AvgIpc) is 2.17. The molecule has 0 fully saturated rings. The molecule has 0 aromatic heterocycles. The molecule has 1 aromatic rings. The first-order valence-electron chi connectivity index (χ1n) is 4.92. The highest BCUT2D eigenvalue weighted by Gasteiger charge is 2.21. The predicted molar refractivity (Wildman–Crippen MR) is 64.4 cm³/mol. The van der Waals surface area contributed by atoms with E-state index in [1.807, 2.05) is 6.07 Å². The number of benzene rings is 1. The fourth-order valence-corrected chi connectivity index (χ4v) is 2.30. The highest BCUT2D eigenvalue weighted by molar-refractivity contribution is 9.10. The summed E-state index contributed by atoms with van der Waals surface area (Å²) in [5.74, 6) is -0.892. The van der Waals surface area contributed by atoms with Crippen LogP contribution in [0.15, 0.2) is 22.7 Å². The van der Waals surface area contributed by atoms with Crippen LogP contribution in [0.25, 0.3) is 0 Å². The lowest BCUT2D eigenvalue weighted by Gasteiger charge is -2.24. The van der Waals surface area contributed by atoms with Crippen molar-refractivity contribution < 1.29 is 9.90 Å². The Balaban J connectivity index is 3.19. The van der Waals surface area contributed by atoms with Gasteiger partial charge in [0.05, 0.1) is 5.56 Å². The largest absolute Gasteiger partial charge is 0.478 e. The van der Waals surface area contributed by atoms with E-state index in [1.165, 1.54) is 0 Å². The van der Waals surface area contributed by atoms with Gasteiger partial charge in [0, 0.05) is 4.47 Å². The zero-order valence-electron chi connectivity index (χ0n) is 9.17. The van der Waals surface area contributed by atoms with E-state index < -0.39 is 5.97 Å². The summed E-state index contributed by atoms with van der Waals surface area (Å²) in [6, 6.07) is 5.20. The average molecular weight is 271 g/mol. The molecule has 0 amide bonds. The lowest BCUT2D eigenvalue weighted by atomic mass is 9.82. The van der Waals surface area contributed by atoms with Crippen molar-refractivity contribution in [1.82, 2.24) is 0 Å². The van der Waals surface area contributed by atoms with Gasteiger partial charge in [-0.05, 0) is 29.5 Å². The third kappa shape index (κ3) is 2.59. The molecule has 0 spiro atoms. The van der Waals surface area contributed by atoms with E-state index in [1.54, 1.807) is 12.1 Å².